The maximum Gasteiger partial charge on any atom is 0.231 e. The zero-order valence-corrected chi connectivity index (χ0v) is 16.5. The van der Waals surface area contributed by atoms with Crippen LogP contribution < -0.4 is 5.32 Å². The Bertz CT molecular complexity index is 1090. The van der Waals surface area contributed by atoms with E-state index >= 15 is 0 Å². The summed E-state index contributed by atoms with van der Waals surface area (Å²) in [7, 11) is 0. The summed E-state index contributed by atoms with van der Waals surface area (Å²) in [5, 5.41) is 3.66. The molecule has 0 aliphatic heterocycles. The molecule has 142 valence electrons. The van der Waals surface area contributed by atoms with Gasteiger partial charge in [0.25, 0.3) is 0 Å². The number of aromatic nitrogens is 2. The average molecular weight is 413 g/mol. The number of rotatable bonds is 6. The van der Waals surface area contributed by atoms with E-state index < -0.39 is 0 Å². The molecule has 0 fully saturated rings. The molecule has 0 unspecified atom stereocenters. The monoisotopic (exact) mass is 413 g/mol. The summed E-state index contributed by atoms with van der Waals surface area (Å²) in [6.45, 7) is 1.87. The summed E-state index contributed by atoms with van der Waals surface area (Å²) in [6, 6.07) is 11.7. The van der Waals surface area contributed by atoms with E-state index in [0.717, 1.165) is 25.7 Å². The minimum absolute atomic E-state index is 0.101. The highest BCUT2D eigenvalue weighted by Crippen LogP contribution is 2.36. The van der Waals surface area contributed by atoms with E-state index in [-0.39, 0.29) is 23.5 Å². The number of carbonyl (C=O) groups excluding carboxylic acids is 1. The van der Waals surface area contributed by atoms with Gasteiger partial charge >= 0.3 is 0 Å². The summed E-state index contributed by atoms with van der Waals surface area (Å²) in [6.07, 6.45) is 3.08. The van der Waals surface area contributed by atoms with Gasteiger partial charge in [0.2, 0.25) is 5.91 Å². The number of nitrogens with zero attached hydrogens (tertiary/aromatic N) is 2. The highest BCUT2D eigenvalue weighted by Gasteiger charge is 2.15. The Balaban J connectivity index is 1.48. The van der Waals surface area contributed by atoms with Crippen LogP contribution in [0.2, 0.25) is 0 Å². The molecule has 8 heteroatoms. The number of benzene rings is 1. The Labute approximate surface area is 169 Å². The van der Waals surface area contributed by atoms with Gasteiger partial charge in [0, 0.05) is 4.88 Å². The second-order valence-electron chi connectivity index (χ2n) is 6.10. The standard InChI is InChI=1S/C20H16FN3O2S2/c1-12(16-3-2-8-26-16)24-18(25)10-27-20-19-15(22-11-23-20)9-17(28-19)13-4-6-14(21)7-5-13/h2-9,11-12H,10H2,1H3,(H,24,25)/t12-/m1/s1. The number of halogens is 1. The van der Waals surface area contributed by atoms with Gasteiger partial charge in [-0.25, -0.2) is 14.4 Å². The predicted molar refractivity (Wildman–Crippen MR) is 109 cm³/mol. The number of carbonyl (C=O) groups is 1. The van der Waals surface area contributed by atoms with Gasteiger partial charge in [-0.05, 0) is 42.8 Å². The van der Waals surface area contributed by atoms with Gasteiger partial charge in [-0.2, -0.15) is 0 Å². The zero-order chi connectivity index (χ0) is 19.5. The van der Waals surface area contributed by atoms with Crippen molar-refractivity contribution in [1.29, 1.82) is 0 Å². The SMILES string of the molecule is C[C@@H](NC(=O)CSc1ncnc2cc(-c3ccc(F)cc3)sc12)c1ccco1. The Hall–Kier alpha value is -2.71. The van der Waals surface area contributed by atoms with Gasteiger partial charge in [0.15, 0.2) is 0 Å². The first-order valence-corrected chi connectivity index (χ1v) is 10.4. The Morgan fingerprint density at radius 3 is 2.86 bits per heavy atom. The smallest absolute Gasteiger partial charge is 0.231 e. The van der Waals surface area contributed by atoms with Crippen molar-refractivity contribution in [3.8, 4) is 10.4 Å². The largest absolute Gasteiger partial charge is 0.467 e. The number of amides is 1. The first kappa shape index (κ1) is 18.6. The van der Waals surface area contributed by atoms with Gasteiger partial charge in [0.05, 0.1) is 28.3 Å². The minimum Gasteiger partial charge on any atom is -0.467 e. The van der Waals surface area contributed by atoms with Gasteiger partial charge in [-0.1, -0.05) is 23.9 Å². The van der Waals surface area contributed by atoms with Crippen LogP contribution in [0.15, 0.2) is 64.5 Å². The highest BCUT2D eigenvalue weighted by atomic mass is 32.2. The Kier molecular flexibility index (Phi) is 5.40. The highest BCUT2D eigenvalue weighted by molar-refractivity contribution is 8.00. The van der Waals surface area contributed by atoms with E-state index in [1.54, 1.807) is 24.5 Å². The minimum atomic E-state index is -0.268. The van der Waals surface area contributed by atoms with E-state index in [4.69, 9.17) is 4.42 Å². The van der Waals surface area contributed by atoms with Crippen LogP contribution in [0.3, 0.4) is 0 Å². The van der Waals surface area contributed by atoms with Gasteiger partial charge < -0.3 is 9.73 Å². The first-order chi connectivity index (χ1) is 13.6. The van der Waals surface area contributed by atoms with Crippen molar-refractivity contribution >= 4 is 39.2 Å². The number of thiophene rings is 1. The predicted octanol–water partition coefficient (Wildman–Crippen LogP) is 5.06. The number of furan rings is 1. The summed E-state index contributed by atoms with van der Waals surface area (Å²) in [5.41, 5.74) is 1.73. The van der Waals surface area contributed by atoms with Crippen molar-refractivity contribution in [2.45, 2.75) is 18.0 Å². The molecule has 0 saturated heterocycles. The second kappa shape index (κ2) is 8.12. The molecule has 0 bridgehead atoms. The number of fused-ring (bicyclic) bond motifs is 1. The third kappa shape index (κ3) is 4.07. The lowest BCUT2D eigenvalue weighted by Crippen LogP contribution is -2.27. The van der Waals surface area contributed by atoms with Gasteiger partial charge in [-0.3, -0.25) is 4.79 Å². The van der Waals surface area contributed by atoms with Crippen LogP contribution >= 0.6 is 23.1 Å². The summed E-state index contributed by atoms with van der Waals surface area (Å²) in [4.78, 5) is 21.9. The van der Waals surface area contributed by atoms with Crippen LogP contribution in [-0.2, 0) is 4.79 Å². The molecular weight excluding hydrogens is 397 g/mol. The number of thioether (sulfide) groups is 1. The topological polar surface area (TPSA) is 68.0 Å². The van der Waals surface area contributed by atoms with Crippen molar-refractivity contribution in [3.63, 3.8) is 0 Å². The summed E-state index contributed by atoms with van der Waals surface area (Å²) < 4.78 is 19.4. The van der Waals surface area contributed by atoms with E-state index in [1.807, 2.05) is 19.1 Å². The quantitative estimate of drug-likeness (QED) is 0.353. The third-order valence-electron chi connectivity index (χ3n) is 4.09. The zero-order valence-electron chi connectivity index (χ0n) is 14.9. The fourth-order valence-electron chi connectivity index (χ4n) is 2.72. The van der Waals surface area contributed by atoms with Gasteiger partial charge in [-0.15, -0.1) is 11.3 Å². The van der Waals surface area contributed by atoms with Crippen LogP contribution in [0.1, 0.15) is 18.7 Å². The molecule has 5 nitrogen and oxygen atoms in total. The van der Waals surface area contributed by atoms with Crippen molar-refractivity contribution < 1.29 is 13.6 Å². The van der Waals surface area contributed by atoms with Crippen LogP contribution in [0.4, 0.5) is 4.39 Å². The molecule has 0 radical (unpaired) electrons. The molecule has 3 heterocycles. The van der Waals surface area contributed by atoms with E-state index in [2.05, 4.69) is 15.3 Å². The molecule has 28 heavy (non-hydrogen) atoms. The van der Waals surface area contributed by atoms with Crippen LogP contribution in [0.25, 0.3) is 20.7 Å². The molecule has 1 N–H and O–H groups in total. The summed E-state index contributed by atoms with van der Waals surface area (Å²) in [5.74, 6) is 0.581. The summed E-state index contributed by atoms with van der Waals surface area (Å²) >= 11 is 2.90. The molecule has 0 aliphatic rings. The van der Waals surface area contributed by atoms with Gasteiger partial charge in [0.1, 0.15) is 22.9 Å². The maximum absolute atomic E-state index is 13.2. The van der Waals surface area contributed by atoms with E-state index in [1.165, 1.54) is 41.6 Å². The fourth-order valence-corrected chi connectivity index (χ4v) is 4.73. The molecule has 1 aromatic carbocycles. The van der Waals surface area contributed by atoms with Crippen LogP contribution in [-0.4, -0.2) is 21.6 Å². The number of nitrogens with one attached hydrogen (secondary N) is 1. The molecule has 0 saturated carbocycles. The maximum atomic E-state index is 13.2. The molecule has 0 spiro atoms. The fraction of sp³-hybridized carbons (Fsp3) is 0.150. The van der Waals surface area contributed by atoms with E-state index in [0.29, 0.717) is 5.76 Å². The molecule has 4 rings (SSSR count). The molecular formula is C20H16FN3O2S2. The van der Waals surface area contributed by atoms with Crippen molar-refractivity contribution in [2.75, 3.05) is 5.75 Å². The molecule has 1 amide bonds. The van der Waals surface area contributed by atoms with E-state index in [9.17, 15) is 9.18 Å². The first-order valence-electron chi connectivity index (χ1n) is 8.56. The normalized spacial score (nSPS) is 12.2. The lowest BCUT2D eigenvalue weighted by atomic mass is 10.2. The molecule has 1 atom stereocenters. The van der Waals surface area contributed by atoms with Crippen LogP contribution in [0, 0.1) is 5.82 Å². The van der Waals surface area contributed by atoms with Crippen molar-refractivity contribution in [3.05, 3.63) is 66.6 Å². The Morgan fingerprint density at radius 1 is 1.29 bits per heavy atom. The lowest BCUT2D eigenvalue weighted by molar-refractivity contribution is -0.119. The average Bonchev–Trinajstić information content (AvgIpc) is 3.37. The number of hydrogen-bond donors (Lipinski definition) is 1. The second-order valence-corrected chi connectivity index (χ2v) is 8.12. The molecule has 3 aromatic heterocycles. The number of hydrogen-bond acceptors (Lipinski definition) is 6. The van der Waals surface area contributed by atoms with Crippen molar-refractivity contribution in [2.24, 2.45) is 0 Å². The van der Waals surface area contributed by atoms with Crippen LogP contribution in [0.5, 0.6) is 0 Å². The van der Waals surface area contributed by atoms with Crippen molar-refractivity contribution in [1.82, 2.24) is 15.3 Å². The lowest BCUT2D eigenvalue weighted by Gasteiger charge is -2.11. The Morgan fingerprint density at radius 2 is 2.11 bits per heavy atom. The third-order valence-corrected chi connectivity index (χ3v) is 6.39. The molecule has 4 aromatic rings. The molecule has 0 aliphatic carbocycles.